The normalized spacial score (nSPS) is 9.76. The summed E-state index contributed by atoms with van der Waals surface area (Å²) in [6.45, 7) is 0. The topological polar surface area (TPSA) is 88.1 Å². The first-order chi connectivity index (χ1) is 10.1. The van der Waals surface area contributed by atoms with Crippen LogP contribution in [0.3, 0.4) is 0 Å². The number of hydrogen-bond acceptors (Lipinski definition) is 4. The van der Waals surface area contributed by atoms with Crippen LogP contribution in [0.1, 0.15) is 15.9 Å². The van der Waals surface area contributed by atoms with E-state index in [0.717, 1.165) is 0 Å². The summed E-state index contributed by atoms with van der Waals surface area (Å²) < 4.78 is 18.8. The van der Waals surface area contributed by atoms with E-state index in [1.807, 2.05) is 6.07 Å². The Bertz CT molecular complexity index is 738. The minimum atomic E-state index is -0.695. The zero-order valence-corrected chi connectivity index (χ0v) is 11.2. The molecule has 0 saturated heterocycles. The third-order valence-electron chi connectivity index (χ3n) is 2.85. The van der Waals surface area contributed by atoms with Crippen LogP contribution < -0.4 is 15.8 Å². The number of amides is 1. The third kappa shape index (κ3) is 2.92. The number of ether oxygens (including phenoxy) is 1. The van der Waals surface area contributed by atoms with Gasteiger partial charge >= 0.3 is 0 Å². The molecule has 0 atom stereocenters. The maximum atomic E-state index is 13.8. The number of halogens is 1. The van der Waals surface area contributed by atoms with Crippen LogP contribution in [0.2, 0.25) is 0 Å². The zero-order chi connectivity index (χ0) is 15.4. The van der Waals surface area contributed by atoms with Crippen molar-refractivity contribution >= 4 is 17.3 Å². The lowest BCUT2D eigenvalue weighted by molar-refractivity contribution is 0.102. The Morgan fingerprint density at radius 3 is 2.76 bits per heavy atom. The number of nitriles is 1. The molecule has 106 valence electrons. The van der Waals surface area contributed by atoms with Crippen LogP contribution in [0.4, 0.5) is 15.8 Å². The van der Waals surface area contributed by atoms with E-state index in [2.05, 4.69) is 5.32 Å². The molecule has 5 nitrogen and oxygen atoms in total. The van der Waals surface area contributed by atoms with Gasteiger partial charge in [-0.2, -0.15) is 5.26 Å². The van der Waals surface area contributed by atoms with Crippen LogP contribution in [-0.2, 0) is 0 Å². The zero-order valence-electron chi connectivity index (χ0n) is 11.2. The Kier molecular flexibility index (Phi) is 4.05. The van der Waals surface area contributed by atoms with Crippen LogP contribution in [0.25, 0.3) is 0 Å². The summed E-state index contributed by atoms with van der Waals surface area (Å²) in [5.74, 6) is -1.25. The first-order valence-electron chi connectivity index (χ1n) is 6.00. The van der Waals surface area contributed by atoms with Crippen molar-refractivity contribution in [1.82, 2.24) is 0 Å². The van der Waals surface area contributed by atoms with Crippen LogP contribution in [0.15, 0.2) is 36.4 Å². The number of nitrogens with one attached hydrogen (secondary N) is 1. The minimum absolute atomic E-state index is 0.125. The predicted molar refractivity (Wildman–Crippen MR) is 76.5 cm³/mol. The lowest BCUT2D eigenvalue weighted by atomic mass is 10.1. The molecule has 0 saturated carbocycles. The van der Waals surface area contributed by atoms with Gasteiger partial charge in [0.1, 0.15) is 17.1 Å². The molecule has 6 heteroatoms. The first-order valence-corrected chi connectivity index (χ1v) is 6.00. The monoisotopic (exact) mass is 285 g/mol. The van der Waals surface area contributed by atoms with E-state index >= 15 is 0 Å². The molecule has 21 heavy (non-hydrogen) atoms. The number of benzene rings is 2. The smallest absolute Gasteiger partial charge is 0.262 e. The lowest BCUT2D eigenvalue weighted by Crippen LogP contribution is -2.16. The van der Waals surface area contributed by atoms with E-state index < -0.39 is 11.7 Å². The maximum absolute atomic E-state index is 13.8. The lowest BCUT2D eigenvalue weighted by Gasteiger charge is -2.11. The molecule has 1 amide bonds. The van der Waals surface area contributed by atoms with Gasteiger partial charge in [-0.3, -0.25) is 4.79 Å². The second kappa shape index (κ2) is 5.92. The van der Waals surface area contributed by atoms with E-state index in [4.69, 9.17) is 15.7 Å². The number of anilines is 2. The highest BCUT2D eigenvalue weighted by Gasteiger charge is 2.18. The Morgan fingerprint density at radius 2 is 2.14 bits per heavy atom. The molecule has 0 heterocycles. The fourth-order valence-electron chi connectivity index (χ4n) is 1.83. The standard InChI is InChI=1S/C15H12FN3O2/c1-21-13-4-2-3-10(16)14(13)15(20)19-12-6-5-9(8-17)7-11(12)18/h2-7H,18H2,1H3,(H,19,20). The second-order valence-corrected chi connectivity index (χ2v) is 4.19. The molecule has 0 radical (unpaired) electrons. The predicted octanol–water partition coefficient (Wildman–Crippen LogP) is 2.54. The van der Waals surface area contributed by atoms with E-state index in [-0.39, 0.29) is 17.0 Å². The van der Waals surface area contributed by atoms with Crippen molar-refractivity contribution in [3.8, 4) is 11.8 Å². The average Bonchev–Trinajstić information content (AvgIpc) is 2.48. The molecule has 2 aromatic rings. The van der Waals surface area contributed by atoms with Gasteiger partial charge in [-0.25, -0.2) is 4.39 Å². The molecule has 2 aromatic carbocycles. The average molecular weight is 285 g/mol. The van der Waals surface area contributed by atoms with Gasteiger partial charge in [-0.15, -0.1) is 0 Å². The van der Waals surface area contributed by atoms with Crippen molar-refractivity contribution in [3.63, 3.8) is 0 Å². The number of nitrogen functional groups attached to an aromatic ring is 1. The summed E-state index contributed by atoms with van der Waals surface area (Å²) in [7, 11) is 1.35. The van der Waals surface area contributed by atoms with E-state index in [9.17, 15) is 9.18 Å². The SMILES string of the molecule is COc1cccc(F)c1C(=O)Nc1ccc(C#N)cc1N. The quantitative estimate of drug-likeness (QED) is 0.848. The van der Waals surface area contributed by atoms with Crippen LogP contribution in [0.5, 0.6) is 5.75 Å². The number of nitrogens with zero attached hydrogens (tertiary/aromatic N) is 1. The van der Waals surface area contributed by atoms with Gasteiger partial charge in [0, 0.05) is 0 Å². The summed E-state index contributed by atoms with van der Waals surface area (Å²) in [6, 6.07) is 10.4. The second-order valence-electron chi connectivity index (χ2n) is 4.19. The molecule has 0 aliphatic rings. The third-order valence-corrected chi connectivity index (χ3v) is 2.85. The highest BCUT2D eigenvalue weighted by atomic mass is 19.1. The van der Waals surface area contributed by atoms with Gasteiger partial charge in [0.25, 0.3) is 5.91 Å². The van der Waals surface area contributed by atoms with Gasteiger partial charge in [0.05, 0.1) is 30.1 Å². The van der Waals surface area contributed by atoms with Crippen molar-refractivity contribution in [3.05, 3.63) is 53.3 Å². The van der Waals surface area contributed by atoms with E-state index in [0.29, 0.717) is 11.3 Å². The van der Waals surface area contributed by atoms with Crippen molar-refractivity contribution in [2.45, 2.75) is 0 Å². The molecule has 0 aliphatic heterocycles. The van der Waals surface area contributed by atoms with Crippen molar-refractivity contribution in [2.24, 2.45) is 0 Å². The largest absolute Gasteiger partial charge is 0.496 e. The van der Waals surface area contributed by atoms with Crippen molar-refractivity contribution in [1.29, 1.82) is 5.26 Å². The molecule has 0 aromatic heterocycles. The minimum Gasteiger partial charge on any atom is -0.496 e. The fourth-order valence-corrected chi connectivity index (χ4v) is 1.83. The molecule has 0 bridgehead atoms. The highest BCUT2D eigenvalue weighted by Crippen LogP contribution is 2.25. The first kappa shape index (κ1) is 14.3. The summed E-state index contributed by atoms with van der Waals surface area (Å²) in [6.07, 6.45) is 0. The fraction of sp³-hybridized carbons (Fsp3) is 0.0667. The van der Waals surface area contributed by atoms with Gasteiger partial charge in [0.15, 0.2) is 0 Å². The number of nitrogens with two attached hydrogens (primary N) is 1. The summed E-state index contributed by atoms with van der Waals surface area (Å²) in [4.78, 5) is 12.2. The maximum Gasteiger partial charge on any atom is 0.262 e. The van der Waals surface area contributed by atoms with E-state index in [1.54, 1.807) is 0 Å². The molecule has 0 unspecified atom stereocenters. The summed E-state index contributed by atoms with van der Waals surface area (Å²) in [5.41, 5.74) is 6.42. The number of hydrogen-bond donors (Lipinski definition) is 2. The van der Waals surface area contributed by atoms with Crippen molar-refractivity contribution < 1.29 is 13.9 Å². The summed E-state index contributed by atoms with van der Waals surface area (Å²) >= 11 is 0. The molecular formula is C15H12FN3O2. The number of rotatable bonds is 3. The van der Waals surface area contributed by atoms with Gasteiger partial charge in [-0.1, -0.05) is 6.07 Å². The molecule has 0 fully saturated rings. The molecular weight excluding hydrogens is 273 g/mol. The van der Waals surface area contributed by atoms with Gasteiger partial charge in [0.2, 0.25) is 0 Å². The van der Waals surface area contributed by atoms with Crippen LogP contribution >= 0.6 is 0 Å². The number of carbonyl (C=O) groups is 1. The van der Waals surface area contributed by atoms with E-state index in [1.165, 1.54) is 43.5 Å². The van der Waals surface area contributed by atoms with Gasteiger partial charge in [-0.05, 0) is 30.3 Å². The Morgan fingerprint density at radius 1 is 1.38 bits per heavy atom. The summed E-state index contributed by atoms with van der Waals surface area (Å²) in [5, 5.41) is 11.3. The number of carbonyl (C=O) groups excluding carboxylic acids is 1. The highest BCUT2D eigenvalue weighted by molar-refractivity contribution is 6.07. The Hall–Kier alpha value is -3.07. The van der Waals surface area contributed by atoms with Gasteiger partial charge < -0.3 is 15.8 Å². The molecule has 0 aliphatic carbocycles. The van der Waals surface area contributed by atoms with Crippen LogP contribution in [-0.4, -0.2) is 13.0 Å². The van der Waals surface area contributed by atoms with Crippen LogP contribution in [0, 0.1) is 17.1 Å². The Balaban J connectivity index is 2.33. The Labute approximate surface area is 120 Å². The molecule has 2 rings (SSSR count). The number of methoxy groups -OCH3 is 1. The van der Waals surface area contributed by atoms with Crippen molar-refractivity contribution in [2.75, 3.05) is 18.2 Å². The molecule has 3 N–H and O–H groups in total. The molecule has 0 spiro atoms.